The molecule has 6 heterocycles. The molecule has 12 rings (SSSR count). The third-order valence-electron chi connectivity index (χ3n) is 21.3. The van der Waals surface area contributed by atoms with Crippen LogP contribution >= 0.6 is 0 Å². The number of carbonyl (C=O) groups is 9. The molecular weight excluding hydrogens is 1580 g/mol. The number of halogens is 9. The number of nitrogens with zero attached hydrogens (tertiary/aromatic N) is 11. The van der Waals surface area contributed by atoms with Gasteiger partial charge in [0.15, 0.2) is 11.9 Å². The second-order valence-electron chi connectivity index (χ2n) is 30.3. The molecule has 2 unspecified atom stereocenters. The maximum Gasteiger partial charge on any atom is 0.416 e. The summed E-state index contributed by atoms with van der Waals surface area (Å²) in [5.41, 5.74) is 29.9. The first-order valence-electron chi connectivity index (χ1n) is 39.3. The fourth-order valence-corrected chi connectivity index (χ4v) is 15.8. The number of urea groups is 3. The van der Waals surface area contributed by atoms with E-state index in [-0.39, 0.29) is 139 Å². The minimum atomic E-state index is -4.51. The first kappa shape index (κ1) is 90.2. The number of rotatable bonds is 23. The van der Waals surface area contributed by atoms with Crippen LogP contribution in [0.1, 0.15) is 125 Å². The van der Waals surface area contributed by atoms with Crippen LogP contribution in [0.15, 0.2) is 156 Å². The van der Waals surface area contributed by atoms with Gasteiger partial charge in [0.05, 0.1) is 36.3 Å². The Bertz CT molecular complexity index is 4490. The molecule has 6 aromatic rings. The monoisotopic (exact) mass is 1680 g/mol. The normalized spacial score (nSPS) is 19.4. The molecule has 0 radical (unpaired) electrons. The van der Waals surface area contributed by atoms with Crippen molar-refractivity contribution in [1.29, 1.82) is 0 Å². The van der Waals surface area contributed by atoms with Gasteiger partial charge in [0, 0.05) is 91.3 Å². The van der Waals surface area contributed by atoms with Crippen molar-refractivity contribution in [1.82, 2.24) is 60.0 Å². The van der Waals surface area contributed by atoms with Gasteiger partial charge in [-0.1, -0.05) is 126 Å². The minimum absolute atomic E-state index is 0.0168. The lowest BCUT2D eigenvalue weighted by molar-refractivity contribution is -0.167. The molecule has 0 saturated carbocycles. The van der Waals surface area contributed by atoms with Crippen LogP contribution in [-0.2, 0) is 86.6 Å². The number of hydrogen-bond acceptors (Lipinski definition) is 12. The molecule has 12 amide bonds. The van der Waals surface area contributed by atoms with Crippen LogP contribution in [-0.4, -0.2) is 205 Å². The molecule has 120 heavy (non-hydrogen) atoms. The molecule has 0 bridgehead atoms. The van der Waals surface area contributed by atoms with E-state index in [0.29, 0.717) is 98.1 Å². The van der Waals surface area contributed by atoms with E-state index in [0.717, 1.165) is 53.1 Å². The number of nitrogens with two attached hydrogens (primary N) is 5. The highest BCUT2D eigenvalue weighted by atomic mass is 19.4. The number of piperazine rings is 3. The van der Waals surface area contributed by atoms with Crippen molar-refractivity contribution >= 4 is 65.5 Å². The molecule has 6 fully saturated rings. The van der Waals surface area contributed by atoms with Gasteiger partial charge in [-0.2, -0.15) is 39.5 Å². The van der Waals surface area contributed by atoms with Crippen molar-refractivity contribution in [3.63, 3.8) is 0 Å². The zero-order chi connectivity index (χ0) is 86.9. The van der Waals surface area contributed by atoms with Crippen LogP contribution in [0.2, 0.25) is 0 Å². The van der Waals surface area contributed by atoms with E-state index in [4.69, 9.17) is 28.7 Å². The lowest BCUT2D eigenvalue weighted by Gasteiger charge is -2.52. The average Bonchev–Trinajstić information content (AvgIpc) is 0.765. The second kappa shape index (κ2) is 40.0. The van der Waals surface area contributed by atoms with Crippen molar-refractivity contribution in [2.45, 2.75) is 173 Å². The minimum Gasteiger partial charge on any atom is -0.370 e. The zero-order valence-corrected chi connectivity index (χ0v) is 66.7. The maximum absolute atomic E-state index is 13.6. The number of hydrogen-bond donors (Lipinski definition) is 8. The number of benzene rings is 6. The summed E-state index contributed by atoms with van der Waals surface area (Å²) >= 11 is 0. The number of nitrogens with one attached hydrogen (secondary N) is 3. The predicted octanol–water partition coefficient (Wildman–Crippen LogP) is 8.33. The number of aliphatic imine (C=N–C) groups is 2. The van der Waals surface area contributed by atoms with E-state index < -0.39 is 89.9 Å². The van der Waals surface area contributed by atoms with E-state index in [9.17, 15) is 82.7 Å². The van der Waals surface area contributed by atoms with E-state index in [2.05, 4.69) is 25.9 Å². The summed E-state index contributed by atoms with van der Waals surface area (Å²) in [6.45, 7) is 6.84. The Hall–Kier alpha value is -12.2. The Balaban J connectivity index is 0.000000189. The summed E-state index contributed by atoms with van der Waals surface area (Å²) in [4.78, 5) is 142. The highest BCUT2D eigenvalue weighted by Gasteiger charge is 2.52. The van der Waals surface area contributed by atoms with E-state index in [1.54, 1.807) is 53.7 Å². The molecule has 37 heteroatoms. The lowest BCUT2D eigenvalue weighted by atomic mass is 9.99. The number of guanidine groups is 2. The highest BCUT2D eigenvalue weighted by Crippen LogP contribution is 2.37. The third kappa shape index (κ3) is 23.6. The molecule has 6 atom stereocenters. The first-order chi connectivity index (χ1) is 56.9. The van der Waals surface area contributed by atoms with E-state index in [1.165, 1.54) is 29.4 Å². The maximum atomic E-state index is 13.6. The molecule has 6 aliphatic rings. The molecule has 6 saturated heterocycles. The van der Waals surface area contributed by atoms with Crippen molar-refractivity contribution in [3.8, 4) is 0 Å². The van der Waals surface area contributed by atoms with Crippen molar-refractivity contribution in [3.05, 3.63) is 212 Å². The van der Waals surface area contributed by atoms with Gasteiger partial charge in [0.1, 0.15) is 36.6 Å². The van der Waals surface area contributed by atoms with Gasteiger partial charge in [-0.3, -0.25) is 38.8 Å². The first-order valence-corrected chi connectivity index (χ1v) is 39.3. The SMILES string of the molecule is Cc1cc(CNC(=O)N2CCC(=O)N3C2CN(Cc2ccccc2)C(=O)[C@@H]3CCCN)cc(C(F)(F)F)c1.Cc1cc(CNC(=O)N2CCC(=O)N3C2CN(Cc2ccccc2)C(=O)[C@@H]3CCCN=C(N)N)cc(C(F)(F)F)c1.Cc1cc(CNC(=O)N2CCC(=O)N3[C@@H]2CN(Cc2ccccc2)C(=O)[C@@H]3CCCN=C(N)N)cc(C(F)(F)F)c1. The Kier molecular flexibility index (Phi) is 30.1. The van der Waals surface area contributed by atoms with Crippen molar-refractivity contribution in [2.75, 3.05) is 58.9 Å². The van der Waals surface area contributed by atoms with Crippen molar-refractivity contribution in [2.24, 2.45) is 38.7 Å². The Morgan fingerprint density at radius 3 is 0.908 bits per heavy atom. The number of aryl methyl sites for hydroxylation is 3. The Labute approximate surface area is 688 Å². The molecule has 6 aliphatic heterocycles. The van der Waals surface area contributed by atoms with Gasteiger partial charge in [0.25, 0.3) is 0 Å². The fraction of sp³-hybridized carbons (Fsp3) is 0.434. The summed E-state index contributed by atoms with van der Waals surface area (Å²) in [6, 6.07) is 35.2. The van der Waals surface area contributed by atoms with Gasteiger partial charge in [-0.05, 0) is 136 Å². The van der Waals surface area contributed by atoms with Gasteiger partial charge >= 0.3 is 36.6 Å². The standard InChI is InChI=1S/2C28H34F3N7O3.C27H32F3N5O3/c2*1-18-12-20(14-21(13-18)28(29,30)31)15-35-27(41)37-11-9-24(39)38-22(8-5-10-34-26(32)33)25(40)36(17-23(37)38)16-19-6-3-2-4-7-19;1-18-12-20(14-21(13-18)27(28,29)30)15-32-26(38)34-11-9-24(36)35-22(8-5-10-31)25(37)33(17-23(34)35)16-19-6-3-2-4-7-19/h2*2-4,6-7,12-14,22-23H,5,8-11,15-17H2,1H3,(H,35,41)(H4,32,33,34);2-4,6-7,12-14,22-23H,5,8-11,15-17,31H2,1H3,(H,32,38)/t22-,23?;22-,23+;22-,23?/m000/s1. The van der Waals surface area contributed by atoms with Gasteiger partial charge in [-0.15, -0.1) is 0 Å². The van der Waals surface area contributed by atoms with Gasteiger partial charge in [-0.25, -0.2) is 14.4 Å². The lowest BCUT2D eigenvalue weighted by Crippen LogP contribution is -2.71. The van der Waals surface area contributed by atoms with Crippen LogP contribution in [0.25, 0.3) is 0 Å². The molecule has 644 valence electrons. The summed E-state index contributed by atoms with van der Waals surface area (Å²) in [6.07, 6.45) is -13.2. The van der Waals surface area contributed by atoms with E-state index in [1.807, 2.05) is 91.0 Å². The second-order valence-corrected chi connectivity index (χ2v) is 30.3. The predicted molar refractivity (Wildman–Crippen MR) is 426 cm³/mol. The number of alkyl halides is 9. The molecule has 0 spiro atoms. The van der Waals surface area contributed by atoms with Crippen LogP contribution in [0.3, 0.4) is 0 Å². The van der Waals surface area contributed by atoms with Crippen LogP contribution < -0.4 is 44.6 Å². The molecule has 28 nitrogen and oxygen atoms in total. The van der Waals surface area contributed by atoms with Crippen LogP contribution in [0.5, 0.6) is 0 Å². The number of amides is 12. The fourth-order valence-electron chi connectivity index (χ4n) is 15.8. The molecule has 13 N–H and O–H groups in total. The van der Waals surface area contributed by atoms with Gasteiger partial charge in [0.2, 0.25) is 35.4 Å². The molecule has 0 aromatic heterocycles. The van der Waals surface area contributed by atoms with Crippen molar-refractivity contribution < 1.29 is 82.7 Å². The molecule has 6 aromatic carbocycles. The average molecular weight is 1680 g/mol. The molecule has 0 aliphatic carbocycles. The number of fused-ring (bicyclic) bond motifs is 3. The van der Waals surface area contributed by atoms with Gasteiger partial charge < -0.3 is 88.7 Å². The summed E-state index contributed by atoms with van der Waals surface area (Å²) in [5.74, 6) is -1.49. The summed E-state index contributed by atoms with van der Waals surface area (Å²) in [5, 5.41) is 8.14. The largest absolute Gasteiger partial charge is 0.416 e. The van der Waals surface area contributed by atoms with E-state index >= 15 is 0 Å². The third-order valence-corrected chi connectivity index (χ3v) is 21.3. The topological polar surface area (TPSA) is 374 Å². The smallest absolute Gasteiger partial charge is 0.370 e. The Morgan fingerprint density at radius 1 is 0.392 bits per heavy atom. The van der Waals surface area contributed by atoms with Crippen LogP contribution in [0.4, 0.5) is 53.9 Å². The Morgan fingerprint density at radius 2 is 0.658 bits per heavy atom. The highest BCUT2D eigenvalue weighted by molar-refractivity contribution is 5.93. The summed E-state index contributed by atoms with van der Waals surface area (Å²) < 4.78 is 119. The quantitative estimate of drug-likeness (QED) is 0.0129. The summed E-state index contributed by atoms with van der Waals surface area (Å²) in [7, 11) is 0. The van der Waals surface area contributed by atoms with Crippen LogP contribution in [0, 0.1) is 20.8 Å². The zero-order valence-electron chi connectivity index (χ0n) is 66.7. The number of carbonyl (C=O) groups excluding carboxylic acids is 9. The molecular formula is C83H100F9N19O9.